The number of anilines is 3. The quantitative estimate of drug-likeness (QED) is 0.550. The Morgan fingerprint density at radius 3 is 2.92 bits per heavy atom. The number of rotatable bonds is 5. The summed E-state index contributed by atoms with van der Waals surface area (Å²) in [4.78, 5) is 20.4. The van der Waals surface area contributed by atoms with E-state index in [4.69, 9.17) is 10.5 Å². The van der Waals surface area contributed by atoms with Gasteiger partial charge in [0.2, 0.25) is 5.95 Å². The number of carbonyl (C=O) groups is 1. The van der Waals surface area contributed by atoms with E-state index in [1.807, 2.05) is 18.2 Å². The zero-order valence-electron chi connectivity index (χ0n) is 14.0. The number of aromatic nitrogens is 4. The number of hydrogen-bond acceptors (Lipinski definition) is 7. The number of H-pyrrole nitrogens is 1. The van der Waals surface area contributed by atoms with Crippen molar-refractivity contribution in [2.24, 2.45) is 5.73 Å². The van der Waals surface area contributed by atoms with Crippen molar-refractivity contribution in [1.29, 1.82) is 0 Å². The lowest BCUT2D eigenvalue weighted by Gasteiger charge is -2.23. The lowest BCUT2D eigenvalue weighted by Crippen LogP contribution is -2.29. The number of nitrogens with two attached hydrogens (primary N) is 1. The standard InChI is InChI=1S/C17H19N7O2/c18-15(25)13-9-19-17(22-11-3-5-26-6-4-11)23-16(13)21-12-2-1-10-8-20-24-14(10)7-12/h1-2,7-9,11H,3-6H2,(H2,18,25)(H,20,24)(H2,19,21,22,23). The molecule has 26 heavy (non-hydrogen) atoms. The molecule has 1 saturated heterocycles. The summed E-state index contributed by atoms with van der Waals surface area (Å²) >= 11 is 0. The summed E-state index contributed by atoms with van der Waals surface area (Å²) in [7, 11) is 0. The molecule has 9 heteroatoms. The predicted octanol–water partition coefficient (Wildman–Crippen LogP) is 1.79. The second-order valence-corrected chi connectivity index (χ2v) is 6.15. The van der Waals surface area contributed by atoms with Crippen LogP contribution in [0.5, 0.6) is 0 Å². The molecule has 134 valence electrons. The lowest BCUT2D eigenvalue weighted by molar-refractivity contribution is 0.0903. The molecule has 0 atom stereocenters. The summed E-state index contributed by atoms with van der Waals surface area (Å²) in [6.45, 7) is 1.43. The summed E-state index contributed by atoms with van der Waals surface area (Å²) < 4.78 is 5.36. The van der Waals surface area contributed by atoms with E-state index in [0.29, 0.717) is 25.0 Å². The highest BCUT2D eigenvalue weighted by Gasteiger charge is 2.17. The molecule has 0 spiro atoms. The fraction of sp³-hybridized carbons (Fsp3) is 0.294. The summed E-state index contributed by atoms with van der Waals surface area (Å²) in [5, 5.41) is 14.3. The van der Waals surface area contributed by atoms with Crippen LogP contribution in [0.25, 0.3) is 10.9 Å². The first kappa shape index (κ1) is 16.3. The highest BCUT2D eigenvalue weighted by molar-refractivity contribution is 5.98. The molecular weight excluding hydrogens is 334 g/mol. The van der Waals surface area contributed by atoms with E-state index in [-0.39, 0.29) is 11.6 Å². The second kappa shape index (κ2) is 6.96. The van der Waals surface area contributed by atoms with Crippen LogP contribution in [-0.2, 0) is 4.74 Å². The van der Waals surface area contributed by atoms with Crippen molar-refractivity contribution >= 4 is 34.3 Å². The van der Waals surface area contributed by atoms with Gasteiger partial charge in [-0.05, 0) is 31.0 Å². The van der Waals surface area contributed by atoms with Crippen LogP contribution in [-0.4, -0.2) is 45.3 Å². The normalized spacial score (nSPS) is 15.1. The third-order valence-corrected chi connectivity index (χ3v) is 4.31. The number of fused-ring (bicyclic) bond motifs is 1. The van der Waals surface area contributed by atoms with Crippen molar-refractivity contribution < 1.29 is 9.53 Å². The number of ether oxygens (including phenoxy) is 1. The van der Waals surface area contributed by atoms with Crippen molar-refractivity contribution in [1.82, 2.24) is 20.2 Å². The minimum absolute atomic E-state index is 0.229. The predicted molar refractivity (Wildman–Crippen MR) is 97.4 cm³/mol. The largest absolute Gasteiger partial charge is 0.381 e. The Labute approximate surface area is 149 Å². The van der Waals surface area contributed by atoms with Crippen LogP contribution < -0.4 is 16.4 Å². The Morgan fingerprint density at radius 2 is 2.12 bits per heavy atom. The molecular formula is C17H19N7O2. The molecule has 0 aliphatic carbocycles. The molecule has 0 unspecified atom stereocenters. The Kier molecular flexibility index (Phi) is 4.36. The van der Waals surface area contributed by atoms with E-state index >= 15 is 0 Å². The van der Waals surface area contributed by atoms with Gasteiger partial charge in [0.25, 0.3) is 5.91 Å². The molecule has 0 radical (unpaired) electrons. The Balaban J connectivity index is 1.61. The number of benzene rings is 1. The van der Waals surface area contributed by atoms with Gasteiger partial charge in [-0.1, -0.05) is 0 Å². The second-order valence-electron chi connectivity index (χ2n) is 6.15. The zero-order chi connectivity index (χ0) is 17.9. The smallest absolute Gasteiger partial charge is 0.254 e. The fourth-order valence-corrected chi connectivity index (χ4v) is 2.90. The average molecular weight is 353 g/mol. The Hall–Kier alpha value is -3.20. The van der Waals surface area contributed by atoms with Crippen molar-refractivity contribution in [3.05, 3.63) is 36.2 Å². The van der Waals surface area contributed by atoms with Crippen molar-refractivity contribution in [3.8, 4) is 0 Å². The maximum Gasteiger partial charge on any atom is 0.254 e. The van der Waals surface area contributed by atoms with Gasteiger partial charge in [0.15, 0.2) is 0 Å². The summed E-state index contributed by atoms with van der Waals surface area (Å²) in [5.74, 6) is 0.223. The highest BCUT2D eigenvalue weighted by Crippen LogP contribution is 2.23. The first-order chi connectivity index (χ1) is 12.7. The van der Waals surface area contributed by atoms with Gasteiger partial charge < -0.3 is 21.1 Å². The van der Waals surface area contributed by atoms with Gasteiger partial charge in [-0.25, -0.2) is 4.98 Å². The van der Waals surface area contributed by atoms with E-state index in [1.165, 1.54) is 6.20 Å². The van der Waals surface area contributed by atoms with Crippen molar-refractivity contribution in [3.63, 3.8) is 0 Å². The number of hydrogen-bond donors (Lipinski definition) is 4. The third-order valence-electron chi connectivity index (χ3n) is 4.31. The van der Waals surface area contributed by atoms with E-state index < -0.39 is 5.91 Å². The van der Waals surface area contributed by atoms with Crippen LogP contribution in [0.15, 0.2) is 30.6 Å². The molecule has 2 aromatic heterocycles. The van der Waals surface area contributed by atoms with Crippen LogP contribution in [0.3, 0.4) is 0 Å². The first-order valence-corrected chi connectivity index (χ1v) is 8.40. The van der Waals surface area contributed by atoms with E-state index in [0.717, 1.165) is 29.4 Å². The van der Waals surface area contributed by atoms with Gasteiger partial charge >= 0.3 is 0 Å². The molecule has 5 N–H and O–H groups in total. The van der Waals surface area contributed by atoms with Gasteiger partial charge in [-0.15, -0.1) is 0 Å². The van der Waals surface area contributed by atoms with Gasteiger partial charge in [0, 0.05) is 36.5 Å². The molecule has 3 aromatic rings. The number of primary amides is 1. The highest BCUT2D eigenvalue weighted by atomic mass is 16.5. The van der Waals surface area contributed by atoms with Crippen LogP contribution in [0.1, 0.15) is 23.2 Å². The topological polar surface area (TPSA) is 131 Å². The maximum absolute atomic E-state index is 11.7. The number of nitrogens with zero attached hydrogens (tertiary/aromatic N) is 3. The molecule has 1 aliphatic heterocycles. The summed E-state index contributed by atoms with van der Waals surface area (Å²) in [6.07, 6.45) is 4.96. The van der Waals surface area contributed by atoms with E-state index in [9.17, 15) is 4.79 Å². The number of amides is 1. The zero-order valence-corrected chi connectivity index (χ0v) is 14.0. The average Bonchev–Trinajstić information content (AvgIpc) is 3.10. The van der Waals surface area contributed by atoms with Crippen molar-refractivity contribution in [2.75, 3.05) is 23.8 Å². The Morgan fingerprint density at radius 1 is 1.27 bits per heavy atom. The fourth-order valence-electron chi connectivity index (χ4n) is 2.90. The molecule has 4 rings (SSSR count). The molecule has 3 heterocycles. The molecule has 1 amide bonds. The SMILES string of the molecule is NC(=O)c1cnc(NC2CCOCC2)nc1Nc1ccc2cn[nH]c2c1. The van der Waals surface area contributed by atoms with Crippen molar-refractivity contribution in [2.45, 2.75) is 18.9 Å². The molecule has 1 aliphatic rings. The molecule has 0 saturated carbocycles. The van der Waals surface area contributed by atoms with Crippen LogP contribution in [0.2, 0.25) is 0 Å². The molecule has 1 aromatic carbocycles. The molecule has 0 bridgehead atoms. The minimum atomic E-state index is -0.590. The summed E-state index contributed by atoms with van der Waals surface area (Å²) in [6, 6.07) is 5.95. The molecule has 1 fully saturated rings. The minimum Gasteiger partial charge on any atom is -0.381 e. The van der Waals surface area contributed by atoms with Crippen LogP contribution in [0.4, 0.5) is 17.5 Å². The Bertz CT molecular complexity index is 934. The van der Waals surface area contributed by atoms with Crippen LogP contribution in [0, 0.1) is 0 Å². The number of carbonyl (C=O) groups excluding carboxylic acids is 1. The van der Waals surface area contributed by atoms with E-state index in [2.05, 4.69) is 30.8 Å². The van der Waals surface area contributed by atoms with Crippen LogP contribution >= 0.6 is 0 Å². The van der Waals surface area contributed by atoms with Gasteiger partial charge in [0.05, 0.1) is 11.7 Å². The third kappa shape index (κ3) is 3.42. The maximum atomic E-state index is 11.7. The molecule has 9 nitrogen and oxygen atoms in total. The van der Waals surface area contributed by atoms with E-state index in [1.54, 1.807) is 6.20 Å². The first-order valence-electron chi connectivity index (χ1n) is 8.40. The lowest BCUT2D eigenvalue weighted by atomic mass is 10.1. The van der Waals surface area contributed by atoms with Gasteiger partial charge in [-0.3, -0.25) is 9.89 Å². The van der Waals surface area contributed by atoms with Gasteiger partial charge in [-0.2, -0.15) is 10.1 Å². The number of nitrogens with one attached hydrogen (secondary N) is 3. The van der Waals surface area contributed by atoms with Gasteiger partial charge in [0.1, 0.15) is 11.4 Å². The number of aromatic amines is 1. The summed E-state index contributed by atoms with van der Waals surface area (Å²) in [5.41, 5.74) is 7.34. The monoisotopic (exact) mass is 353 g/mol.